The molecular formula is C17H25BrFNO. The van der Waals surface area contributed by atoms with Gasteiger partial charge in [0.15, 0.2) is 0 Å². The molecule has 4 heteroatoms. The SMILES string of the molecule is CC(C)(C)C1CCC(CN)C(Oc2ccc(F)cc2Br)C1. The molecule has 1 fully saturated rings. The van der Waals surface area contributed by atoms with E-state index in [9.17, 15) is 4.39 Å². The fourth-order valence-electron chi connectivity index (χ4n) is 3.13. The number of nitrogens with two attached hydrogens (primary N) is 1. The Kier molecular flexibility index (Phi) is 5.31. The number of hydrogen-bond acceptors (Lipinski definition) is 2. The van der Waals surface area contributed by atoms with Gasteiger partial charge in [-0.15, -0.1) is 0 Å². The Hall–Kier alpha value is -0.610. The normalized spacial score (nSPS) is 26.7. The molecule has 0 saturated heterocycles. The first-order chi connectivity index (χ1) is 9.81. The highest BCUT2D eigenvalue weighted by Crippen LogP contribution is 2.41. The van der Waals surface area contributed by atoms with Crippen LogP contribution in [0.15, 0.2) is 22.7 Å². The zero-order chi connectivity index (χ0) is 15.6. The average Bonchev–Trinajstić information content (AvgIpc) is 2.41. The van der Waals surface area contributed by atoms with Crippen molar-refractivity contribution < 1.29 is 9.13 Å². The standard InChI is InChI=1S/C17H25BrFNO/c1-17(2,3)12-5-4-11(10-20)16(8-12)21-15-7-6-13(19)9-14(15)18/h6-7,9,11-12,16H,4-5,8,10,20H2,1-3H3. The topological polar surface area (TPSA) is 35.2 Å². The minimum atomic E-state index is -0.263. The molecule has 1 aliphatic carbocycles. The third-order valence-electron chi connectivity index (χ3n) is 4.63. The van der Waals surface area contributed by atoms with Gasteiger partial charge in [-0.3, -0.25) is 0 Å². The van der Waals surface area contributed by atoms with Gasteiger partial charge in [-0.2, -0.15) is 0 Å². The quantitative estimate of drug-likeness (QED) is 0.846. The molecule has 2 nitrogen and oxygen atoms in total. The summed E-state index contributed by atoms with van der Waals surface area (Å²) in [5.74, 6) is 1.44. The summed E-state index contributed by atoms with van der Waals surface area (Å²) < 4.78 is 20.0. The molecule has 3 atom stereocenters. The van der Waals surface area contributed by atoms with Gasteiger partial charge in [-0.25, -0.2) is 4.39 Å². The molecule has 1 saturated carbocycles. The van der Waals surface area contributed by atoms with Crippen LogP contribution in [-0.4, -0.2) is 12.6 Å². The summed E-state index contributed by atoms with van der Waals surface area (Å²) in [6.07, 6.45) is 3.42. The van der Waals surface area contributed by atoms with Crippen molar-refractivity contribution in [1.29, 1.82) is 0 Å². The largest absolute Gasteiger partial charge is 0.489 e. The van der Waals surface area contributed by atoms with Crippen molar-refractivity contribution in [3.8, 4) is 5.75 Å². The molecule has 0 heterocycles. The van der Waals surface area contributed by atoms with E-state index in [4.69, 9.17) is 10.5 Å². The van der Waals surface area contributed by atoms with E-state index >= 15 is 0 Å². The van der Waals surface area contributed by atoms with E-state index in [0.717, 1.165) is 12.8 Å². The first-order valence-electron chi connectivity index (χ1n) is 7.63. The molecule has 1 aromatic carbocycles. The van der Waals surface area contributed by atoms with Gasteiger partial charge in [-0.05, 0) is 71.3 Å². The first-order valence-corrected chi connectivity index (χ1v) is 8.42. The van der Waals surface area contributed by atoms with Gasteiger partial charge in [-0.1, -0.05) is 20.8 Å². The highest BCUT2D eigenvalue weighted by atomic mass is 79.9. The number of rotatable bonds is 3. The van der Waals surface area contributed by atoms with Crippen molar-refractivity contribution in [2.45, 2.75) is 46.1 Å². The fraction of sp³-hybridized carbons (Fsp3) is 0.647. The van der Waals surface area contributed by atoms with Gasteiger partial charge in [0.25, 0.3) is 0 Å². The molecule has 0 aromatic heterocycles. The second-order valence-corrected chi connectivity index (χ2v) is 7.96. The third-order valence-corrected chi connectivity index (χ3v) is 5.25. The van der Waals surface area contributed by atoms with Crippen molar-refractivity contribution in [1.82, 2.24) is 0 Å². The van der Waals surface area contributed by atoms with Gasteiger partial charge >= 0.3 is 0 Å². The van der Waals surface area contributed by atoms with Crippen molar-refractivity contribution in [2.75, 3.05) is 6.54 Å². The van der Waals surface area contributed by atoms with E-state index in [0.29, 0.717) is 28.6 Å². The maximum atomic E-state index is 13.2. The van der Waals surface area contributed by atoms with Gasteiger partial charge in [0.2, 0.25) is 0 Å². The Morgan fingerprint density at radius 1 is 1.33 bits per heavy atom. The second-order valence-electron chi connectivity index (χ2n) is 7.10. The third kappa shape index (κ3) is 4.19. The van der Waals surface area contributed by atoms with Gasteiger partial charge in [0.1, 0.15) is 17.7 Å². The van der Waals surface area contributed by atoms with Crippen molar-refractivity contribution >= 4 is 15.9 Å². The van der Waals surface area contributed by atoms with Gasteiger partial charge in [0.05, 0.1) is 4.47 Å². The molecule has 1 aliphatic rings. The second kappa shape index (κ2) is 6.66. The number of ether oxygens (including phenoxy) is 1. The maximum Gasteiger partial charge on any atom is 0.134 e. The fourth-order valence-corrected chi connectivity index (χ4v) is 3.57. The minimum Gasteiger partial charge on any atom is -0.489 e. The Balaban J connectivity index is 2.14. The molecule has 0 spiro atoms. The Morgan fingerprint density at radius 3 is 2.62 bits per heavy atom. The van der Waals surface area contributed by atoms with E-state index in [1.54, 1.807) is 6.07 Å². The summed E-state index contributed by atoms with van der Waals surface area (Å²) in [5.41, 5.74) is 6.19. The van der Waals surface area contributed by atoms with Crippen molar-refractivity contribution in [3.63, 3.8) is 0 Å². The Morgan fingerprint density at radius 2 is 2.05 bits per heavy atom. The summed E-state index contributed by atoms with van der Waals surface area (Å²) >= 11 is 3.37. The summed E-state index contributed by atoms with van der Waals surface area (Å²) in [5, 5.41) is 0. The van der Waals surface area contributed by atoms with E-state index in [2.05, 4.69) is 36.7 Å². The first kappa shape index (κ1) is 16.8. The molecule has 118 valence electrons. The van der Waals surface area contributed by atoms with Crippen LogP contribution in [0.3, 0.4) is 0 Å². The number of halogens is 2. The van der Waals surface area contributed by atoms with E-state index in [1.165, 1.54) is 18.6 Å². The average molecular weight is 358 g/mol. The summed E-state index contributed by atoms with van der Waals surface area (Å²) in [6.45, 7) is 7.49. The lowest BCUT2D eigenvalue weighted by molar-refractivity contribution is 0.0326. The van der Waals surface area contributed by atoms with E-state index in [1.807, 2.05) is 0 Å². The van der Waals surface area contributed by atoms with Crippen LogP contribution >= 0.6 is 15.9 Å². The molecule has 1 aromatic rings. The molecule has 0 amide bonds. The monoisotopic (exact) mass is 357 g/mol. The molecule has 2 rings (SSSR count). The van der Waals surface area contributed by atoms with Crippen LogP contribution in [0.4, 0.5) is 4.39 Å². The number of hydrogen-bond donors (Lipinski definition) is 1. The van der Waals surface area contributed by atoms with Crippen LogP contribution in [0, 0.1) is 23.1 Å². The lowest BCUT2D eigenvalue weighted by Gasteiger charge is -2.41. The van der Waals surface area contributed by atoms with Gasteiger partial charge < -0.3 is 10.5 Å². The molecule has 0 bridgehead atoms. The molecule has 2 N–H and O–H groups in total. The maximum absolute atomic E-state index is 13.2. The molecule has 0 radical (unpaired) electrons. The molecular weight excluding hydrogens is 333 g/mol. The minimum absolute atomic E-state index is 0.106. The van der Waals surface area contributed by atoms with Crippen LogP contribution in [0.2, 0.25) is 0 Å². The summed E-state index contributed by atoms with van der Waals surface area (Å²) in [6, 6.07) is 4.56. The summed E-state index contributed by atoms with van der Waals surface area (Å²) in [7, 11) is 0. The van der Waals surface area contributed by atoms with Crippen LogP contribution in [0.1, 0.15) is 40.0 Å². The van der Waals surface area contributed by atoms with Crippen molar-refractivity contribution in [2.24, 2.45) is 23.0 Å². The highest BCUT2D eigenvalue weighted by Gasteiger charge is 2.36. The summed E-state index contributed by atoms with van der Waals surface area (Å²) in [4.78, 5) is 0. The van der Waals surface area contributed by atoms with E-state index in [-0.39, 0.29) is 17.3 Å². The molecule has 21 heavy (non-hydrogen) atoms. The van der Waals surface area contributed by atoms with Crippen molar-refractivity contribution in [3.05, 3.63) is 28.5 Å². The zero-order valence-corrected chi connectivity index (χ0v) is 14.6. The smallest absolute Gasteiger partial charge is 0.134 e. The van der Waals surface area contributed by atoms with Crippen LogP contribution in [0.5, 0.6) is 5.75 Å². The zero-order valence-electron chi connectivity index (χ0n) is 13.0. The van der Waals surface area contributed by atoms with E-state index < -0.39 is 0 Å². The predicted molar refractivity (Wildman–Crippen MR) is 87.9 cm³/mol. The molecule has 3 unspecified atom stereocenters. The number of benzene rings is 1. The lowest BCUT2D eigenvalue weighted by atomic mass is 9.68. The molecule has 0 aliphatic heterocycles. The highest BCUT2D eigenvalue weighted by molar-refractivity contribution is 9.10. The van der Waals surface area contributed by atoms with Gasteiger partial charge in [0, 0.05) is 5.92 Å². The predicted octanol–water partition coefficient (Wildman–Crippen LogP) is 4.76. The van der Waals surface area contributed by atoms with Crippen LogP contribution in [-0.2, 0) is 0 Å². The lowest BCUT2D eigenvalue weighted by Crippen LogP contribution is -2.41. The van der Waals surface area contributed by atoms with Crippen LogP contribution < -0.4 is 10.5 Å². The Labute approximate surface area is 135 Å². The van der Waals surface area contributed by atoms with Crippen LogP contribution in [0.25, 0.3) is 0 Å². The Bertz CT molecular complexity index is 486.